The van der Waals surface area contributed by atoms with Gasteiger partial charge < -0.3 is 20.1 Å². The maximum Gasteiger partial charge on any atom is 0.0700 e. The Labute approximate surface area is 105 Å². The quantitative estimate of drug-likeness (QED) is 0.650. The first-order valence-corrected chi connectivity index (χ1v) is 6.78. The first-order valence-electron chi connectivity index (χ1n) is 6.78. The third kappa shape index (κ3) is 6.36. The van der Waals surface area contributed by atoms with Crippen molar-refractivity contribution in [3.05, 3.63) is 0 Å². The van der Waals surface area contributed by atoms with Crippen LogP contribution in [0.1, 0.15) is 26.2 Å². The summed E-state index contributed by atoms with van der Waals surface area (Å²) in [5.41, 5.74) is 6.00. The number of methoxy groups -OCH3 is 1. The monoisotopic (exact) mass is 244 g/mol. The smallest absolute Gasteiger partial charge is 0.0700 e. The van der Waals surface area contributed by atoms with Crippen molar-refractivity contribution in [1.29, 1.82) is 0 Å². The summed E-state index contributed by atoms with van der Waals surface area (Å²) < 4.78 is 10.4. The van der Waals surface area contributed by atoms with Crippen molar-refractivity contribution < 1.29 is 9.47 Å². The molecule has 1 aliphatic rings. The molecule has 1 heterocycles. The summed E-state index contributed by atoms with van der Waals surface area (Å²) in [6, 6.07) is 0.406. The fraction of sp³-hybridized carbons (Fsp3) is 1.00. The number of hydrogen-bond acceptors (Lipinski definition) is 4. The molecule has 0 amide bonds. The Bertz CT molecular complexity index is 190. The van der Waals surface area contributed by atoms with E-state index in [1.54, 1.807) is 7.11 Å². The number of likely N-dealkylation sites (tertiary alicyclic amines) is 1. The summed E-state index contributed by atoms with van der Waals surface area (Å²) in [7, 11) is 1.70. The van der Waals surface area contributed by atoms with Crippen LogP contribution in [0, 0.1) is 5.92 Å². The van der Waals surface area contributed by atoms with Crippen LogP contribution < -0.4 is 5.73 Å². The summed E-state index contributed by atoms with van der Waals surface area (Å²) in [6.07, 6.45) is 3.50. The molecule has 0 aromatic carbocycles. The van der Waals surface area contributed by atoms with Crippen LogP contribution in [0.3, 0.4) is 0 Å². The first kappa shape index (κ1) is 14.9. The Hall–Kier alpha value is -0.160. The van der Waals surface area contributed by atoms with Crippen LogP contribution in [0.4, 0.5) is 0 Å². The summed E-state index contributed by atoms with van der Waals surface area (Å²) in [5.74, 6) is 0.640. The summed E-state index contributed by atoms with van der Waals surface area (Å²) in [6.45, 7) is 8.02. The molecule has 102 valence electrons. The van der Waals surface area contributed by atoms with Gasteiger partial charge in [0.25, 0.3) is 0 Å². The highest BCUT2D eigenvalue weighted by molar-refractivity contribution is 4.79. The number of nitrogens with two attached hydrogens (primary N) is 1. The Kier molecular flexibility index (Phi) is 7.77. The van der Waals surface area contributed by atoms with Gasteiger partial charge in [0.1, 0.15) is 0 Å². The van der Waals surface area contributed by atoms with Crippen molar-refractivity contribution >= 4 is 0 Å². The van der Waals surface area contributed by atoms with Gasteiger partial charge in [-0.15, -0.1) is 0 Å². The third-order valence-electron chi connectivity index (χ3n) is 3.50. The average Bonchev–Trinajstić information content (AvgIpc) is 2.32. The van der Waals surface area contributed by atoms with Crippen LogP contribution in [0.25, 0.3) is 0 Å². The maximum atomic E-state index is 6.00. The summed E-state index contributed by atoms with van der Waals surface area (Å²) >= 11 is 0. The molecule has 0 saturated carbocycles. The minimum atomic E-state index is 0.406. The Morgan fingerprint density at radius 1 is 1.24 bits per heavy atom. The van der Waals surface area contributed by atoms with E-state index in [1.165, 1.54) is 13.0 Å². The van der Waals surface area contributed by atoms with E-state index in [1.807, 2.05) is 0 Å². The number of hydrogen-bond donors (Lipinski definition) is 1. The van der Waals surface area contributed by atoms with E-state index in [9.17, 15) is 0 Å². The molecule has 4 nitrogen and oxygen atoms in total. The van der Waals surface area contributed by atoms with Gasteiger partial charge in [-0.3, -0.25) is 0 Å². The van der Waals surface area contributed by atoms with Gasteiger partial charge in [0.05, 0.1) is 13.2 Å². The van der Waals surface area contributed by atoms with E-state index in [2.05, 4.69) is 11.8 Å². The van der Waals surface area contributed by atoms with E-state index < -0.39 is 0 Å². The maximum absolute atomic E-state index is 6.00. The molecular weight excluding hydrogens is 216 g/mol. The molecule has 0 aromatic rings. The lowest BCUT2D eigenvalue weighted by molar-refractivity contribution is 0.0666. The van der Waals surface area contributed by atoms with Crippen LogP contribution in [0.15, 0.2) is 0 Å². The Morgan fingerprint density at radius 3 is 2.76 bits per heavy atom. The van der Waals surface area contributed by atoms with Crippen LogP contribution in [0.5, 0.6) is 0 Å². The minimum Gasteiger partial charge on any atom is -0.382 e. The van der Waals surface area contributed by atoms with Gasteiger partial charge in [0.15, 0.2) is 0 Å². The van der Waals surface area contributed by atoms with Crippen molar-refractivity contribution in [3.63, 3.8) is 0 Å². The standard InChI is InChI=1S/C13H28N2O2/c1-12-11-15(7-5-13(12)14)6-3-4-8-17-10-9-16-2/h12-13H,3-11,14H2,1-2H3. The second-order valence-electron chi connectivity index (χ2n) is 5.04. The molecule has 0 aromatic heterocycles. The van der Waals surface area contributed by atoms with Crippen molar-refractivity contribution in [2.24, 2.45) is 11.7 Å². The third-order valence-corrected chi connectivity index (χ3v) is 3.50. The van der Waals surface area contributed by atoms with E-state index in [4.69, 9.17) is 15.2 Å². The number of piperidine rings is 1. The number of rotatable bonds is 8. The molecule has 2 unspecified atom stereocenters. The zero-order chi connectivity index (χ0) is 12.5. The number of nitrogens with zero attached hydrogens (tertiary/aromatic N) is 1. The predicted molar refractivity (Wildman–Crippen MR) is 70.1 cm³/mol. The summed E-state index contributed by atoms with van der Waals surface area (Å²) in [4.78, 5) is 2.53. The zero-order valence-electron chi connectivity index (χ0n) is 11.4. The fourth-order valence-corrected chi connectivity index (χ4v) is 2.24. The highest BCUT2D eigenvalue weighted by Crippen LogP contribution is 2.15. The number of unbranched alkanes of at least 4 members (excludes halogenated alkanes) is 1. The van der Waals surface area contributed by atoms with Crippen LogP contribution in [-0.4, -0.2) is 57.5 Å². The van der Waals surface area contributed by atoms with Gasteiger partial charge in [-0.1, -0.05) is 6.92 Å². The van der Waals surface area contributed by atoms with E-state index in [-0.39, 0.29) is 0 Å². The highest BCUT2D eigenvalue weighted by Gasteiger charge is 2.22. The number of ether oxygens (including phenoxy) is 2. The molecule has 2 N–H and O–H groups in total. The van der Waals surface area contributed by atoms with E-state index in [0.29, 0.717) is 25.2 Å². The van der Waals surface area contributed by atoms with E-state index in [0.717, 1.165) is 32.5 Å². The van der Waals surface area contributed by atoms with Crippen molar-refractivity contribution in [2.45, 2.75) is 32.2 Å². The van der Waals surface area contributed by atoms with Crippen LogP contribution in [-0.2, 0) is 9.47 Å². The second kappa shape index (κ2) is 8.86. The van der Waals surface area contributed by atoms with Gasteiger partial charge in [-0.25, -0.2) is 0 Å². The molecule has 1 saturated heterocycles. The van der Waals surface area contributed by atoms with Gasteiger partial charge in [-0.2, -0.15) is 0 Å². The normalized spacial score (nSPS) is 26.3. The zero-order valence-corrected chi connectivity index (χ0v) is 11.4. The minimum absolute atomic E-state index is 0.406. The molecular formula is C13H28N2O2. The SMILES string of the molecule is COCCOCCCCN1CCC(N)C(C)C1. The lowest BCUT2D eigenvalue weighted by Crippen LogP contribution is -2.46. The first-order chi connectivity index (χ1) is 8.24. The lowest BCUT2D eigenvalue weighted by atomic mass is 9.95. The Morgan fingerprint density at radius 2 is 2.06 bits per heavy atom. The fourth-order valence-electron chi connectivity index (χ4n) is 2.24. The summed E-state index contributed by atoms with van der Waals surface area (Å²) in [5, 5.41) is 0. The average molecular weight is 244 g/mol. The molecule has 1 aliphatic heterocycles. The topological polar surface area (TPSA) is 47.7 Å². The molecule has 0 aliphatic carbocycles. The molecule has 0 bridgehead atoms. The van der Waals surface area contributed by atoms with Gasteiger partial charge in [0.2, 0.25) is 0 Å². The molecule has 1 fully saturated rings. The molecule has 17 heavy (non-hydrogen) atoms. The predicted octanol–water partition coefficient (Wildman–Crippen LogP) is 1.10. The highest BCUT2D eigenvalue weighted by atomic mass is 16.5. The largest absolute Gasteiger partial charge is 0.382 e. The molecule has 2 atom stereocenters. The van der Waals surface area contributed by atoms with Crippen molar-refractivity contribution in [2.75, 3.05) is 46.6 Å². The Balaban J connectivity index is 1.92. The molecule has 0 spiro atoms. The lowest BCUT2D eigenvalue weighted by Gasteiger charge is -2.35. The second-order valence-corrected chi connectivity index (χ2v) is 5.04. The molecule has 1 rings (SSSR count). The van der Waals surface area contributed by atoms with Crippen molar-refractivity contribution in [1.82, 2.24) is 4.90 Å². The van der Waals surface area contributed by atoms with Crippen molar-refractivity contribution in [3.8, 4) is 0 Å². The van der Waals surface area contributed by atoms with Gasteiger partial charge in [-0.05, 0) is 38.3 Å². The molecule has 0 radical (unpaired) electrons. The van der Waals surface area contributed by atoms with Crippen LogP contribution >= 0.6 is 0 Å². The van der Waals surface area contributed by atoms with E-state index >= 15 is 0 Å². The van der Waals surface area contributed by atoms with Gasteiger partial charge in [0, 0.05) is 26.3 Å². The van der Waals surface area contributed by atoms with Crippen LogP contribution in [0.2, 0.25) is 0 Å². The van der Waals surface area contributed by atoms with Gasteiger partial charge >= 0.3 is 0 Å². The molecule has 4 heteroatoms.